The SMILES string of the molecule is Cc1cc(OCCCOc2c(C)cccc2C(=O)O)cc(C)c1Cl. The number of aryl methyl sites for hydroxylation is 3. The molecule has 0 aliphatic heterocycles. The summed E-state index contributed by atoms with van der Waals surface area (Å²) in [7, 11) is 0. The summed E-state index contributed by atoms with van der Waals surface area (Å²) in [6.45, 7) is 6.58. The lowest BCUT2D eigenvalue weighted by atomic mass is 10.1. The molecule has 4 nitrogen and oxygen atoms in total. The Hall–Kier alpha value is -2.20. The first-order valence-corrected chi connectivity index (χ1v) is 8.13. The van der Waals surface area contributed by atoms with Crippen LogP contribution in [0, 0.1) is 20.8 Å². The van der Waals surface area contributed by atoms with Gasteiger partial charge >= 0.3 is 5.97 Å². The van der Waals surface area contributed by atoms with Gasteiger partial charge in [-0.1, -0.05) is 23.7 Å². The predicted molar refractivity (Wildman–Crippen MR) is 94.7 cm³/mol. The van der Waals surface area contributed by atoms with E-state index in [1.807, 2.05) is 39.0 Å². The van der Waals surface area contributed by atoms with E-state index in [9.17, 15) is 9.90 Å². The van der Waals surface area contributed by atoms with Crippen molar-refractivity contribution < 1.29 is 19.4 Å². The van der Waals surface area contributed by atoms with Crippen LogP contribution in [0.3, 0.4) is 0 Å². The average Bonchev–Trinajstić information content (AvgIpc) is 2.53. The van der Waals surface area contributed by atoms with Gasteiger partial charge in [-0.05, 0) is 55.7 Å². The molecule has 0 atom stereocenters. The monoisotopic (exact) mass is 348 g/mol. The van der Waals surface area contributed by atoms with Crippen molar-refractivity contribution in [3.05, 3.63) is 57.6 Å². The Morgan fingerprint density at radius 3 is 2.29 bits per heavy atom. The summed E-state index contributed by atoms with van der Waals surface area (Å²) in [5.74, 6) is 0.205. The topological polar surface area (TPSA) is 55.8 Å². The normalized spacial score (nSPS) is 10.5. The third kappa shape index (κ3) is 4.42. The molecular formula is C19H21ClO4. The van der Waals surface area contributed by atoms with E-state index in [1.54, 1.807) is 12.1 Å². The Labute approximate surface area is 147 Å². The van der Waals surface area contributed by atoms with Gasteiger partial charge in [-0.25, -0.2) is 4.79 Å². The molecule has 0 unspecified atom stereocenters. The minimum atomic E-state index is -0.989. The quantitative estimate of drug-likeness (QED) is 0.729. The standard InChI is InChI=1S/C19H21ClO4/c1-12-6-4-7-16(19(21)22)18(12)24-9-5-8-23-15-10-13(2)17(20)14(3)11-15/h4,6-7,10-11H,5,8-9H2,1-3H3,(H,21,22). The first-order valence-electron chi connectivity index (χ1n) is 7.75. The van der Waals surface area contributed by atoms with E-state index in [0.29, 0.717) is 25.4 Å². The number of para-hydroxylation sites is 1. The highest BCUT2D eigenvalue weighted by Crippen LogP contribution is 2.26. The minimum Gasteiger partial charge on any atom is -0.493 e. The van der Waals surface area contributed by atoms with Gasteiger partial charge in [-0.3, -0.25) is 0 Å². The summed E-state index contributed by atoms with van der Waals surface area (Å²) in [6.07, 6.45) is 0.647. The molecular weight excluding hydrogens is 328 g/mol. The highest BCUT2D eigenvalue weighted by Gasteiger charge is 2.13. The van der Waals surface area contributed by atoms with E-state index in [-0.39, 0.29) is 5.56 Å². The Morgan fingerprint density at radius 1 is 1.04 bits per heavy atom. The third-order valence-electron chi connectivity index (χ3n) is 3.66. The number of aromatic carboxylic acids is 1. The van der Waals surface area contributed by atoms with Crippen molar-refractivity contribution in [3.63, 3.8) is 0 Å². The number of benzene rings is 2. The lowest BCUT2D eigenvalue weighted by Gasteiger charge is -2.13. The molecule has 1 N–H and O–H groups in total. The van der Waals surface area contributed by atoms with Crippen molar-refractivity contribution in [1.82, 2.24) is 0 Å². The summed E-state index contributed by atoms with van der Waals surface area (Å²) >= 11 is 6.13. The van der Waals surface area contributed by atoms with E-state index in [4.69, 9.17) is 21.1 Å². The molecule has 2 aromatic rings. The summed E-state index contributed by atoms with van der Waals surface area (Å²) in [5, 5.41) is 9.96. The predicted octanol–water partition coefficient (Wildman–Crippen LogP) is 4.81. The summed E-state index contributed by atoms with van der Waals surface area (Å²) < 4.78 is 11.4. The van der Waals surface area contributed by atoms with Gasteiger partial charge in [0.15, 0.2) is 0 Å². The molecule has 0 heterocycles. The Bertz CT molecular complexity index is 717. The van der Waals surface area contributed by atoms with Crippen LogP contribution in [-0.2, 0) is 0 Å². The first kappa shape index (κ1) is 18.1. The van der Waals surface area contributed by atoms with Gasteiger partial charge < -0.3 is 14.6 Å². The summed E-state index contributed by atoms with van der Waals surface area (Å²) in [6, 6.07) is 8.89. The molecule has 0 fully saturated rings. The number of carbonyl (C=O) groups is 1. The maximum Gasteiger partial charge on any atom is 0.339 e. The molecule has 128 valence electrons. The zero-order chi connectivity index (χ0) is 17.7. The van der Waals surface area contributed by atoms with Crippen molar-refractivity contribution >= 4 is 17.6 Å². The highest BCUT2D eigenvalue weighted by molar-refractivity contribution is 6.32. The second-order valence-corrected chi connectivity index (χ2v) is 6.06. The largest absolute Gasteiger partial charge is 0.493 e. The van der Waals surface area contributed by atoms with Gasteiger partial charge in [0.25, 0.3) is 0 Å². The minimum absolute atomic E-state index is 0.180. The summed E-state index contributed by atoms with van der Waals surface area (Å²) in [5.41, 5.74) is 2.95. The molecule has 5 heteroatoms. The maximum atomic E-state index is 11.2. The molecule has 0 aromatic heterocycles. The number of halogens is 1. The fraction of sp³-hybridized carbons (Fsp3) is 0.316. The molecule has 0 spiro atoms. The Morgan fingerprint density at radius 2 is 1.67 bits per heavy atom. The molecule has 0 aliphatic rings. The number of hydrogen-bond acceptors (Lipinski definition) is 3. The van der Waals surface area contributed by atoms with E-state index < -0.39 is 5.97 Å². The zero-order valence-electron chi connectivity index (χ0n) is 14.1. The second-order valence-electron chi connectivity index (χ2n) is 5.68. The third-order valence-corrected chi connectivity index (χ3v) is 4.25. The van der Waals surface area contributed by atoms with Crippen LogP contribution in [0.1, 0.15) is 33.5 Å². The van der Waals surface area contributed by atoms with Crippen molar-refractivity contribution in [3.8, 4) is 11.5 Å². The van der Waals surface area contributed by atoms with Gasteiger partial charge in [0.1, 0.15) is 17.1 Å². The van der Waals surface area contributed by atoms with E-state index in [0.717, 1.165) is 27.5 Å². The first-order chi connectivity index (χ1) is 11.4. The number of carboxylic acid groups (broad SMARTS) is 1. The smallest absolute Gasteiger partial charge is 0.339 e. The van der Waals surface area contributed by atoms with Crippen LogP contribution in [0.25, 0.3) is 0 Å². The molecule has 0 bridgehead atoms. The van der Waals surface area contributed by atoms with Crippen LogP contribution in [0.2, 0.25) is 5.02 Å². The van der Waals surface area contributed by atoms with E-state index in [1.165, 1.54) is 0 Å². The Balaban J connectivity index is 1.87. The van der Waals surface area contributed by atoms with Gasteiger partial charge in [0.05, 0.1) is 13.2 Å². The lowest BCUT2D eigenvalue weighted by molar-refractivity contribution is 0.0692. The van der Waals surface area contributed by atoms with Gasteiger partial charge in [0, 0.05) is 11.4 Å². The van der Waals surface area contributed by atoms with E-state index >= 15 is 0 Å². The van der Waals surface area contributed by atoms with Crippen LogP contribution in [0.4, 0.5) is 0 Å². The zero-order valence-corrected chi connectivity index (χ0v) is 14.8. The van der Waals surface area contributed by atoms with Gasteiger partial charge in [-0.2, -0.15) is 0 Å². The van der Waals surface area contributed by atoms with Crippen LogP contribution in [0.5, 0.6) is 11.5 Å². The van der Waals surface area contributed by atoms with E-state index in [2.05, 4.69) is 0 Å². The van der Waals surface area contributed by atoms with Gasteiger partial charge in [0.2, 0.25) is 0 Å². The van der Waals surface area contributed by atoms with Crippen molar-refractivity contribution in [2.45, 2.75) is 27.2 Å². The highest BCUT2D eigenvalue weighted by atomic mass is 35.5. The van der Waals surface area contributed by atoms with Crippen LogP contribution < -0.4 is 9.47 Å². The molecule has 0 saturated heterocycles. The van der Waals surface area contributed by atoms with Crippen molar-refractivity contribution in [2.75, 3.05) is 13.2 Å². The number of hydrogen-bond donors (Lipinski definition) is 1. The van der Waals surface area contributed by atoms with Crippen LogP contribution in [0.15, 0.2) is 30.3 Å². The van der Waals surface area contributed by atoms with Crippen molar-refractivity contribution in [1.29, 1.82) is 0 Å². The maximum absolute atomic E-state index is 11.2. The number of rotatable bonds is 7. The molecule has 2 aromatic carbocycles. The molecule has 0 aliphatic carbocycles. The molecule has 0 radical (unpaired) electrons. The fourth-order valence-electron chi connectivity index (χ4n) is 2.43. The van der Waals surface area contributed by atoms with Gasteiger partial charge in [-0.15, -0.1) is 0 Å². The molecule has 24 heavy (non-hydrogen) atoms. The fourth-order valence-corrected chi connectivity index (χ4v) is 2.53. The number of carboxylic acids is 1. The van der Waals surface area contributed by atoms with Crippen LogP contribution in [-0.4, -0.2) is 24.3 Å². The molecule has 2 rings (SSSR count). The molecule has 0 amide bonds. The molecule has 0 saturated carbocycles. The number of ether oxygens (including phenoxy) is 2. The average molecular weight is 349 g/mol. The second kappa shape index (κ2) is 8.06. The summed E-state index contributed by atoms with van der Waals surface area (Å²) in [4.78, 5) is 11.2. The lowest BCUT2D eigenvalue weighted by Crippen LogP contribution is -2.09. The van der Waals surface area contributed by atoms with Crippen LogP contribution >= 0.6 is 11.6 Å². The Kier molecular flexibility index (Phi) is 6.10. The van der Waals surface area contributed by atoms with Crippen molar-refractivity contribution in [2.24, 2.45) is 0 Å².